The number of ether oxygens (including phenoxy) is 1. The van der Waals surface area contributed by atoms with Gasteiger partial charge < -0.3 is 15.8 Å². The Hall–Kier alpha value is -2.03. The highest BCUT2D eigenvalue weighted by molar-refractivity contribution is 5.59. The molecule has 1 heterocycles. The van der Waals surface area contributed by atoms with Crippen LogP contribution in [0.5, 0.6) is 5.88 Å². The molecule has 0 spiro atoms. The van der Waals surface area contributed by atoms with Gasteiger partial charge in [0.05, 0.1) is 7.11 Å². The molecular formula is C9H13N5O. The van der Waals surface area contributed by atoms with Gasteiger partial charge in [-0.15, -0.1) is 0 Å². The molecule has 0 fully saturated rings. The Morgan fingerprint density at radius 1 is 1.47 bits per heavy atom. The van der Waals surface area contributed by atoms with Gasteiger partial charge in [-0.2, -0.15) is 15.2 Å². The monoisotopic (exact) mass is 207 g/mol. The van der Waals surface area contributed by atoms with Gasteiger partial charge in [0.25, 0.3) is 0 Å². The van der Waals surface area contributed by atoms with Crippen molar-refractivity contribution in [2.24, 2.45) is 0 Å². The fourth-order valence-corrected chi connectivity index (χ4v) is 1.08. The summed E-state index contributed by atoms with van der Waals surface area (Å²) in [7, 11) is 1.43. The van der Waals surface area contributed by atoms with Crippen molar-refractivity contribution in [1.82, 2.24) is 9.97 Å². The van der Waals surface area contributed by atoms with Gasteiger partial charge in [0, 0.05) is 6.04 Å². The van der Waals surface area contributed by atoms with E-state index in [9.17, 15) is 0 Å². The number of nitrogens with zero attached hydrogens (tertiary/aromatic N) is 3. The van der Waals surface area contributed by atoms with E-state index in [1.54, 1.807) is 0 Å². The molecular weight excluding hydrogens is 194 g/mol. The molecule has 0 atom stereocenters. The Balaban J connectivity index is 3.24. The third kappa shape index (κ3) is 2.47. The minimum absolute atomic E-state index is 0.0778. The lowest BCUT2D eigenvalue weighted by Gasteiger charge is -2.12. The summed E-state index contributed by atoms with van der Waals surface area (Å²) in [4.78, 5) is 7.76. The molecule has 3 N–H and O–H groups in total. The van der Waals surface area contributed by atoms with E-state index < -0.39 is 0 Å². The maximum atomic E-state index is 8.94. The van der Waals surface area contributed by atoms with E-state index in [2.05, 4.69) is 15.3 Å². The molecule has 6 nitrogen and oxygen atoms in total. The summed E-state index contributed by atoms with van der Waals surface area (Å²) in [6.07, 6.45) is 0. The lowest BCUT2D eigenvalue weighted by Crippen LogP contribution is -2.14. The molecule has 6 heteroatoms. The van der Waals surface area contributed by atoms with Crippen LogP contribution in [0.3, 0.4) is 0 Å². The molecule has 0 unspecified atom stereocenters. The van der Waals surface area contributed by atoms with Crippen LogP contribution in [-0.4, -0.2) is 23.1 Å². The van der Waals surface area contributed by atoms with Crippen LogP contribution in [0.4, 0.5) is 11.8 Å². The molecule has 1 aromatic rings. The molecule has 0 aliphatic heterocycles. The highest BCUT2D eigenvalue weighted by Crippen LogP contribution is 2.23. The van der Waals surface area contributed by atoms with Crippen molar-refractivity contribution in [1.29, 1.82) is 5.26 Å². The van der Waals surface area contributed by atoms with Gasteiger partial charge >= 0.3 is 0 Å². The Labute approximate surface area is 88.1 Å². The predicted octanol–water partition coefficient (Wildman–Crippen LogP) is 0.759. The summed E-state index contributed by atoms with van der Waals surface area (Å²) in [6.45, 7) is 3.87. The van der Waals surface area contributed by atoms with Gasteiger partial charge in [-0.1, -0.05) is 0 Å². The molecule has 0 amide bonds. The summed E-state index contributed by atoms with van der Waals surface area (Å²) in [5, 5.41) is 11.9. The van der Waals surface area contributed by atoms with Crippen LogP contribution < -0.4 is 15.8 Å². The quantitative estimate of drug-likeness (QED) is 0.759. The first kappa shape index (κ1) is 11.0. The zero-order valence-corrected chi connectivity index (χ0v) is 8.90. The predicted molar refractivity (Wildman–Crippen MR) is 56.5 cm³/mol. The number of methoxy groups -OCH3 is 1. The Kier molecular flexibility index (Phi) is 3.29. The molecule has 0 saturated carbocycles. The topological polar surface area (TPSA) is 96.8 Å². The number of nitrogen functional groups attached to an aromatic ring is 1. The first-order valence-corrected chi connectivity index (χ1v) is 4.46. The van der Waals surface area contributed by atoms with Crippen LogP contribution in [0.2, 0.25) is 0 Å². The molecule has 0 saturated heterocycles. The van der Waals surface area contributed by atoms with Crippen LogP contribution in [0.15, 0.2) is 0 Å². The highest BCUT2D eigenvalue weighted by atomic mass is 16.5. The normalized spacial score (nSPS) is 9.80. The van der Waals surface area contributed by atoms with Crippen LogP contribution in [0.1, 0.15) is 19.4 Å². The SMILES string of the molecule is COc1nc(N)nc(NC(C)C)c1C#N. The van der Waals surface area contributed by atoms with Crippen molar-refractivity contribution in [3.8, 4) is 11.9 Å². The minimum Gasteiger partial charge on any atom is -0.480 e. The molecule has 80 valence electrons. The van der Waals surface area contributed by atoms with Crippen LogP contribution >= 0.6 is 0 Å². The number of anilines is 2. The third-order valence-electron chi connectivity index (χ3n) is 1.62. The first-order chi connectivity index (χ1) is 7.08. The Morgan fingerprint density at radius 2 is 2.13 bits per heavy atom. The molecule has 1 rings (SSSR count). The molecule has 1 aromatic heterocycles. The third-order valence-corrected chi connectivity index (χ3v) is 1.62. The van der Waals surface area contributed by atoms with E-state index in [0.29, 0.717) is 5.82 Å². The van der Waals surface area contributed by atoms with Crippen LogP contribution in [0.25, 0.3) is 0 Å². The summed E-state index contributed by atoms with van der Waals surface area (Å²) >= 11 is 0. The molecule has 0 aliphatic rings. The van der Waals surface area contributed by atoms with Crippen LogP contribution in [0, 0.1) is 11.3 Å². The molecule has 0 radical (unpaired) electrons. The zero-order chi connectivity index (χ0) is 11.4. The summed E-state index contributed by atoms with van der Waals surface area (Å²) in [6, 6.07) is 2.13. The average molecular weight is 207 g/mol. The van der Waals surface area contributed by atoms with Crippen molar-refractivity contribution in [2.45, 2.75) is 19.9 Å². The molecule has 0 aromatic carbocycles. The van der Waals surface area contributed by atoms with Crippen molar-refractivity contribution >= 4 is 11.8 Å². The maximum Gasteiger partial charge on any atom is 0.238 e. The smallest absolute Gasteiger partial charge is 0.238 e. The van der Waals surface area contributed by atoms with Gasteiger partial charge in [0.15, 0.2) is 11.4 Å². The molecule has 0 bridgehead atoms. The number of nitriles is 1. The van der Waals surface area contributed by atoms with E-state index in [4.69, 9.17) is 15.7 Å². The van der Waals surface area contributed by atoms with E-state index in [-0.39, 0.29) is 23.4 Å². The second kappa shape index (κ2) is 4.46. The van der Waals surface area contributed by atoms with Crippen LogP contribution in [-0.2, 0) is 0 Å². The van der Waals surface area contributed by atoms with E-state index in [0.717, 1.165) is 0 Å². The number of hydrogen-bond donors (Lipinski definition) is 2. The number of aromatic nitrogens is 2. The Morgan fingerprint density at radius 3 is 2.60 bits per heavy atom. The Bertz CT molecular complexity index is 396. The zero-order valence-electron chi connectivity index (χ0n) is 8.90. The average Bonchev–Trinajstić information content (AvgIpc) is 2.15. The summed E-state index contributed by atoms with van der Waals surface area (Å²) in [5.74, 6) is 0.666. The largest absolute Gasteiger partial charge is 0.480 e. The highest BCUT2D eigenvalue weighted by Gasteiger charge is 2.14. The van der Waals surface area contributed by atoms with E-state index >= 15 is 0 Å². The summed E-state index contributed by atoms with van der Waals surface area (Å²) < 4.78 is 4.95. The minimum atomic E-state index is 0.0778. The molecule has 0 aliphatic carbocycles. The first-order valence-electron chi connectivity index (χ1n) is 4.46. The fraction of sp³-hybridized carbons (Fsp3) is 0.444. The lowest BCUT2D eigenvalue weighted by atomic mass is 10.3. The van der Waals surface area contributed by atoms with Gasteiger partial charge in [-0.05, 0) is 13.8 Å². The van der Waals surface area contributed by atoms with Crippen molar-refractivity contribution in [2.75, 3.05) is 18.2 Å². The summed E-state index contributed by atoms with van der Waals surface area (Å²) in [5.41, 5.74) is 5.75. The van der Waals surface area contributed by atoms with Crippen molar-refractivity contribution in [3.63, 3.8) is 0 Å². The van der Waals surface area contributed by atoms with Crippen molar-refractivity contribution < 1.29 is 4.74 Å². The van der Waals surface area contributed by atoms with Gasteiger partial charge in [-0.3, -0.25) is 0 Å². The number of nitrogens with two attached hydrogens (primary N) is 1. The second-order valence-corrected chi connectivity index (χ2v) is 3.23. The standard InChI is InChI=1S/C9H13N5O/c1-5(2)12-7-6(4-10)8(15-3)14-9(11)13-7/h5H,1-3H3,(H3,11,12,13,14). The maximum absolute atomic E-state index is 8.94. The van der Waals surface area contributed by atoms with Gasteiger partial charge in [-0.25, -0.2) is 0 Å². The van der Waals surface area contributed by atoms with E-state index in [1.807, 2.05) is 19.9 Å². The second-order valence-electron chi connectivity index (χ2n) is 3.23. The number of nitrogens with one attached hydrogen (secondary N) is 1. The van der Waals surface area contributed by atoms with Crippen molar-refractivity contribution in [3.05, 3.63) is 5.56 Å². The fourth-order valence-electron chi connectivity index (χ4n) is 1.08. The van der Waals surface area contributed by atoms with Gasteiger partial charge in [0.1, 0.15) is 6.07 Å². The lowest BCUT2D eigenvalue weighted by molar-refractivity contribution is 0.396. The van der Waals surface area contributed by atoms with Gasteiger partial charge in [0.2, 0.25) is 11.8 Å². The number of hydrogen-bond acceptors (Lipinski definition) is 6. The van der Waals surface area contributed by atoms with E-state index in [1.165, 1.54) is 7.11 Å². The molecule has 15 heavy (non-hydrogen) atoms. The number of rotatable bonds is 3.